The van der Waals surface area contributed by atoms with Gasteiger partial charge in [-0.15, -0.1) is 0 Å². The fraction of sp³-hybridized carbons (Fsp3) is 0.562. The van der Waals surface area contributed by atoms with Crippen LogP contribution in [0.15, 0.2) is 18.2 Å². The van der Waals surface area contributed by atoms with Crippen molar-refractivity contribution in [3.8, 4) is 5.75 Å². The lowest BCUT2D eigenvalue weighted by atomic mass is 10.0. The van der Waals surface area contributed by atoms with Crippen LogP contribution in [0.3, 0.4) is 0 Å². The summed E-state index contributed by atoms with van der Waals surface area (Å²) in [6.07, 6.45) is 0. The smallest absolute Gasteiger partial charge is 0.219 e. The number of hydrogen-bond acceptors (Lipinski definition) is 3. The Bertz CT molecular complexity index is 477. The van der Waals surface area contributed by atoms with E-state index in [0.717, 1.165) is 37.6 Å². The fourth-order valence-electron chi connectivity index (χ4n) is 2.58. The highest BCUT2D eigenvalue weighted by Crippen LogP contribution is 2.32. The van der Waals surface area contributed by atoms with Gasteiger partial charge in [0.1, 0.15) is 5.75 Å². The Morgan fingerprint density at radius 1 is 1.20 bits per heavy atom. The van der Waals surface area contributed by atoms with Crippen molar-refractivity contribution in [2.75, 3.05) is 38.2 Å². The molecule has 1 saturated heterocycles. The van der Waals surface area contributed by atoms with Gasteiger partial charge in [-0.1, -0.05) is 19.9 Å². The van der Waals surface area contributed by atoms with E-state index in [1.807, 2.05) is 4.90 Å². The van der Waals surface area contributed by atoms with Crippen molar-refractivity contribution in [1.29, 1.82) is 0 Å². The highest BCUT2D eigenvalue weighted by Gasteiger charge is 2.21. The van der Waals surface area contributed by atoms with Crippen LogP contribution in [0.1, 0.15) is 32.3 Å². The molecule has 1 fully saturated rings. The van der Waals surface area contributed by atoms with Crippen LogP contribution in [0.2, 0.25) is 0 Å². The summed E-state index contributed by atoms with van der Waals surface area (Å²) in [5, 5.41) is 0. The third kappa shape index (κ3) is 3.06. The fourth-order valence-corrected chi connectivity index (χ4v) is 2.58. The number of carbonyl (C=O) groups is 1. The Balaban J connectivity index is 2.15. The van der Waals surface area contributed by atoms with Gasteiger partial charge < -0.3 is 14.5 Å². The summed E-state index contributed by atoms with van der Waals surface area (Å²) in [5.41, 5.74) is 2.41. The molecule has 0 aromatic heterocycles. The lowest BCUT2D eigenvalue weighted by Crippen LogP contribution is -2.48. The molecule has 2 rings (SSSR count). The second-order valence-electron chi connectivity index (χ2n) is 5.58. The molecule has 4 nitrogen and oxygen atoms in total. The third-order valence-corrected chi connectivity index (χ3v) is 3.94. The summed E-state index contributed by atoms with van der Waals surface area (Å²) < 4.78 is 5.54. The van der Waals surface area contributed by atoms with Gasteiger partial charge in [0, 0.05) is 33.1 Å². The number of carbonyl (C=O) groups excluding carboxylic acids is 1. The average molecular weight is 276 g/mol. The molecular weight excluding hydrogens is 252 g/mol. The van der Waals surface area contributed by atoms with Crippen molar-refractivity contribution in [3.63, 3.8) is 0 Å². The molecule has 1 aliphatic heterocycles. The molecule has 0 aliphatic carbocycles. The Morgan fingerprint density at radius 2 is 1.85 bits per heavy atom. The number of piperazine rings is 1. The molecule has 1 aromatic carbocycles. The number of benzene rings is 1. The molecule has 110 valence electrons. The second-order valence-corrected chi connectivity index (χ2v) is 5.58. The van der Waals surface area contributed by atoms with Crippen molar-refractivity contribution in [2.24, 2.45) is 0 Å². The highest BCUT2D eigenvalue weighted by molar-refractivity contribution is 5.73. The quantitative estimate of drug-likeness (QED) is 0.850. The van der Waals surface area contributed by atoms with Crippen LogP contribution < -0.4 is 9.64 Å². The predicted molar refractivity (Wildman–Crippen MR) is 81.6 cm³/mol. The zero-order chi connectivity index (χ0) is 14.7. The molecule has 0 unspecified atom stereocenters. The predicted octanol–water partition coefficient (Wildman–Crippen LogP) is 2.49. The van der Waals surface area contributed by atoms with Gasteiger partial charge >= 0.3 is 0 Å². The number of hydrogen-bond donors (Lipinski definition) is 0. The standard InChI is InChI=1S/C16H24N2O2/c1-12(2)14-5-6-15(16(11-14)20-4)18-9-7-17(8-10-18)13(3)19/h5-6,11-12H,7-10H2,1-4H3. The van der Waals surface area contributed by atoms with Crippen LogP contribution in [-0.2, 0) is 4.79 Å². The van der Waals surface area contributed by atoms with E-state index >= 15 is 0 Å². The van der Waals surface area contributed by atoms with Gasteiger partial charge in [-0.05, 0) is 23.6 Å². The topological polar surface area (TPSA) is 32.8 Å². The molecule has 1 heterocycles. The first-order valence-electron chi connectivity index (χ1n) is 7.21. The second kappa shape index (κ2) is 6.16. The molecule has 0 spiro atoms. The molecule has 1 aliphatic rings. The van der Waals surface area contributed by atoms with Gasteiger partial charge in [-0.3, -0.25) is 4.79 Å². The van der Waals surface area contributed by atoms with E-state index in [4.69, 9.17) is 4.74 Å². The zero-order valence-corrected chi connectivity index (χ0v) is 12.8. The van der Waals surface area contributed by atoms with Gasteiger partial charge in [0.2, 0.25) is 5.91 Å². The Morgan fingerprint density at radius 3 is 2.35 bits per heavy atom. The Labute approximate surface area is 121 Å². The Hall–Kier alpha value is -1.71. The maximum atomic E-state index is 11.4. The largest absolute Gasteiger partial charge is 0.495 e. The average Bonchev–Trinajstić information content (AvgIpc) is 2.46. The van der Waals surface area contributed by atoms with Crippen molar-refractivity contribution < 1.29 is 9.53 Å². The summed E-state index contributed by atoms with van der Waals surface area (Å²) in [6.45, 7) is 9.27. The van der Waals surface area contributed by atoms with Crippen LogP contribution >= 0.6 is 0 Å². The number of rotatable bonds is 3. The van der Waals surface area contributed by atoms with Gasteiger partial charge in [0.05, 0.1) is 12.8 Å². The molecule has 20 heavy (non-hydrogen) atoms. The number of amides is 1. The van der Waals surface area contributed by atoms with Gasteiger partial charge in [-0.25, -0.2) is 0 Å². The highest BCUT2D eigenvalue weighted by atomic mass is 16.5. The van der Waals surface area contributed by atoms with Gasteiger partial charge in [0.15, 0.2) is 0 Å². The third-order valence-electron chi connectivity index (χ3n) is 3.94. The van der Waals surface area contributed by atoms with Crippen molar-refractivity contribution in [3.05, 3.63) is 23.8 Å². The maximum absolute atomic E-state index is 11.4. The molecule has 4 heteroatoms. The number of anilines is 1. The molecular formula is C16H24N2O2. The van der Waals surface area contributed by atoms with Crippen LogP contribution in [0, 0.1) is 0 Å². The van der Waals surface area contributed by atoms with Crippen molar-refractivity contribution in [2.45, 2.75) is 26.7 Å². The minimum absolute atomic E-state index is 0.159. The normalized spacial score (nSPS) is 15.7. The van der Waals surface area contributed by atoms with Crippen molar-refractivity contribution >= 4 is 11.6 Å². The van der Waals surface area contributed by atoms with E-state index in [1.165, 1.54) is 5.56 Å². The Kier molecular flexibility index (Phi) is 4.53. The zero-order valence-electron chi connectivity index (χ0n) is 12.8. The first kappa shape index (κ1) is 14.7. The first-order chi connectivity index (χ1) is 9.52. The summed E-state index contributed by atoms with van der Waals surface area (Å²) >= 11 is 0. The van der Waals surface area contributed by atoms with Crippen LogP contribution in [-0.4, -0.2) is 44.1 Å². The lowest BCUT2D eigenvalue weighted by Gasteiger charge is -2.36. The minimum Gasteiger partial charge on any atom is -0.495 e. The summed E-state index contributed by atoms with van der Waals surface area (Å²) in [7, 11) is 1.72. The van der Waals surface area contributed by atoms with Gasteiger partial charge in [-0.2, -0.15) is 0 Å². The van der Waals surface area contributed by atoms with Crippen molar-refractivity contribution in [1.82, 2.24) is 4.90 Å². The minimum atomic E-state index is 0.159. The molecule has 0 saturated carbocycles. The molecule has 1 aromatic rings. The maximum Gasteiger partial charge on any atom is 0.219 e. The number of nitrogens with zero attached hydrogens (tertiary/aromatic N) is 2. The van der Waals surface area contributed by atoms with Crippen LogP contribution in [0.5, 0.6) is 5.75 Å². The lowest BCUT2D eigenvalue weighted by molar-refractivity contribution is -0.129. The first-order valence-corrected chi connectivity index (χ1v) is 7.21. The van der Waals surface area contributed by atoms with E-state index in [0.29, 0.717) is 5.92 Å². The van der Waals surface area contributed by atoms with E-state index in [-0.39, 0.29) is 5.91 Å². The van der Waals surface area contributed by atoms with E-state index in [1.54, 1.807) is 14.0 Å². The number of methoxy groups -OCH3 is 1. The van der Waals surface area contributed by atoms with E-state index in [9.17, 15) is 4.79 Å². The number of ether oxygens (including phenoxy) is 1. The molecule has 0 bridgehead atoms. The van der Waals surface area contributed by atoms with Crippen LogP contribution in [0.4, 0.5) is 5.69 Å². The van der Waals surface area contributed by atoms with E-state index in [2.05, 4.69) is 36.9 Å². The molecule has 0 atom stereocenters. The summed E-state index contributed by atoms with van der Waals surface area (Å²) in [5.74, 6) is 1.58. The van der Waals surface area contributed by atoms with Gasteiger partial charge in [0.25, 0.3) is 0 Å². The van der Waals surface area contributed by atoms with E-state index < -0.39 is 0 Å². The summed E-state index contributed by atoms with van der Waals surface area (Å²) in [6, 6.07) is 6.43. The molecule has 1 amide bonds. The summed E-state index contributed by atoms with van der Waals surface area (Å²) in [4.78, 5) is 15.6. The molecule has 0 N–H and O–H groups in total. The molecule has 0 radical (unpaired) electrons. The SMILES string of the molecule is COc1cc(C(C)C)ccc1N1CCN(C(C)=O)CC1. The van der Waals surface area contributed by atoms with Crippen LogP contribution in [0.25, 0.3) is 0 Å². The monoisotopic (exact) mass is 276 g/mol.